The van der Waals surface area contributed by atoms with E-state index in [1.54, 1.807) is 6.92 Å². The number of fused-ring (bicyclic) bond motifs is 1. The summed E-state index contributed by atoms with van der Waals surface area (Å²) in [5.74, 6) is 5.67. The number of carboxylic acid groups (broad SMARTS) is 1. The Hall–Kier alpha value is -2.99. The molecule has 3 rings (SSSR count). The summed E-state index contributed by atoms with van der Waals surface area (Å²) in [5, 5.41) is 9.96. The highest BCUT2D eigenvalue weighted by molar-refractivity contribution is 5.80. The average molecular weight is 318 g/mol. The summed E-state index contributed by atoms with van der Waals surface area (Å²) in [5.41, 5.74) is 3.78. The van der Waals surface area contributed by atoms with Gasteiger partial charge in [-0.25, -0.2) is 0 Å². The van der Waals surface area contributed by atoms with Crippen LogP contribution in [0.3, 0.4) is 0 Å². The van der Waals surface area contributed by atoms with E-state index >= 15 is 0 Å². The molecule has 0 aliphatic carbocycles. The van der Waals surface area contributed by atoms with Gasteiger partial charge in [-0.15, -0.1) is 0 Å². The molecule has 0 saturated heterocycles. The number of hydrogen-bond donors (Lipinski definition) is 1. The lowest BCUT2D eigenvalue weighted by atomic mass is 10.1. The second-order valence-electron chi connectivity index (χ2n) is 6.02. The fourth-order valence-corrected chi connectivity index (χ4v) is 2.43. The van der Waals surface area contributed by atoms with E-state index < -0.39 is 11.9 Å². The molecule has 3 aromatic rings. The number of hydrogen-bond acceptors (Lipinski definition) is 2. The third-order valence-electron chi connectivity index (χ3n) is 3.90. The number of aliphatic carboxylic acids is 1. The first kappa shape index (κ1) is 15.9. The van der Waals surface area contributed by atoms with Crippen molar-refractivity contribution in [2.24, 2.45) is 5.92 Å². The van der Waals surface area contributed by atoms with Gasteiger partial charge in [-0.05, 0) is 43.3 Å². The Bertz CT molecular complexity index is 937. The normalized spacial score (nSPS) is 11.8. The van der Waals surface area contributed by atoms with E-state index in [1.807, 2.05) is 55.5 Å². The molecule has 24 heavy (non-hydrogen) atoms. The van der Waals surface area contributed by atoms with Crippen molar-refractivity contribution in [2.45, 2.75) is 20.3 Å². The van der Waals surface area contributed by atoms with Crippen molar-refractivity contribution >= 4 is 16.9 Å². The molecule has 0 saturated carbocycles. The summed E-state index contributed by atoms with van der Waals surface area (Å²) < 4.78 is 5.77. The summed E-state index contributed by atoms with van der Waals surface area (Å²) in [7, 11) is 0. The number of aryl methyl sites for hydroxylation is 1. The Balaban J connectivity index is 1.84. The van der Waals surface area contributed by atoms with Gasteiger partial charge in [-0.3, -0.25) is 4.79 Å². The molecule has 0 radical (unpaired) electrons. The van der Waals surface area contributed by atoms with Crippen LogP contribution in [0.25, 0.3) is 11.0 Å². The van der Waals surface area contributed by atoms with Crippen LogP contribution in [0.15, 0.2) is 52.9 Å². The van der Waals surface area contributed by atoms with Crippen LogP contribution in [0.2, 0.25) is 0 Å². The van der Waals surface area contributed by atoms with Gasteiger partial charge in [-0.2, -0.15) is 0 Å². The first-order valence-corrected chi connectivity index (χ1v) is 7.85. The summed E-state index contributed by atoms with van der Waals surface area (Å²) in [4.78, 5) is 11.0. The molecule has 1 N–H and O–H groups in total. The van der Waals surface area contributed by atoms with E-state index in [2.05, 4.69) is 11.8 Å². The molecule has 0 unspecified atom stereocenters. The highest BCUT2D eigenvalue weighted by Crippen LogP contribution is 2.22. The Morgan fingerprint density at radius 1 is 1.08 bits per heavy atom. The highest BCUT2D eigenvalue weighted by atomic mass is 16.4. The SMILES string of the molecule is Cc1ccc(C#Cc2ccc3cc(C[C@@H](C)C(=O)O)oc3c2)cc1. The zero-order chi connectivity index (χ0) is 17.1. The molecule has 0 aliphatic rings. The van der Waals surface area contributed by atoms with Gasteiger partial charge in [-0.1, -0.05) is 36.5 Å². The molecular weight excluding hydrogens is 300 g/mol. The molecule has 0 fully saturated rings. The minimum atomic E-state index is -0.819. The van der Waals surface area contributed by atoms with Crippen LogP contribution in [-0.4, -0.2) is 11.1 Å². The molecule has 0 amide bonds. The van der Waals surface area contributed by atoms with Crippen LogP contribution in [-0.2, 0) is 11.2 Å². The molecule has 0 aliphatic heterocycles. The third kappa shape index (κ3) is 3.67. The van der Waals surface area contributed by atoms with E-state index in [1.165, 1.54) is 5.56 Å². The maximum absolute atomic E-state index is 11.0. The maximum atomic E-state index is 11.0. The molecule has 3 nitrogen and oxygen atoms in total. The van der Waals surface area contributed by atoms with E-state index in [4.69, 9.17) is 9.52 Å². The lowest BCUT2D eigenvalue weighted by Crippen LogP contribution is -2.11. The van der Waals surface area contributed by atoms with Gasteiger partial charge in [0, 0.05) is 22.9 Å². The van der Waals surface area contributed by atoms with Crippen molar-refractivity contribution in [2.75, 3.05) is 0 Å². The van der Waals surface area contributed by atoms with E-state index in [9.17, 15) is 4.79 Å². The van der Waals surface area contributed by atoms with Gasteiger partial charge >= 0.3 is 5.97 Å². The zero-order valence-electron chi connectivity index (χ0n) is 13.7. The van der Waals surface area contributed by atoms with Crippen molar-refractivity contribution in [3.63, 3.8) is 0 Å². The zero-order valence-corrected chi connectivity index (χ0v) is 13.7. The van der Waals surface area contributed by atoms with E-state index in [0.29, 0.717) is 12.2 Å². The number of furan rings is 1. The van der Waals surface area contributed by atoms with Gasteiger partial charge in [0.1, 0.15) is 11.3 Å². The average Bonchev–Trinajstić information content (AvgIpc) is 2.95. The largest absolute Gasteiger partial charge is 0.481 e. The molecule has 1 heterocycles. The second kappa shape index (κ2) is 6.64. The van der Waals surface area contributed by atoms with Crippen molar-refractivity contribution in [3.8, 4) is 11.8 Å². The molecule has 1 aromatic heterocycles. The summed E-state index contributed by atoms with van der Waals surface area (Å²) >= 11 is 0. The van der Waals surface area contributed by atoms with Crippen molar-refractivity contribution in [1.82, 2.24) is 0 Å². The molecule has 2 aromatic carbocycles. The second-order valence-corrected chi connectivity index (χ2v) is 6.02. The number of rotatable bonds is 3. The van der Waals surface area contributed by atoms with Crippen LogP contribution < -0.4 is 0 Å². The fourth-order valence-electron chi connectivity index (χ4n) is 2.43. The molecular formula is C21H18O3. The van der Waals surface area contributed by atoms with Crippen LogP contribution in [0.5, 0.6) is 0 Å². The van der Waals surface area contributed by atoms with E-state index in [-0.39, 0.29) is 0 Å². The molecule has 1 atom stereocenters. The quantitative estimate of drug-likeness (QED) is 0.728. The van der Waals surface area contributed by atoms with Crippen LogP contribution in [0.1, 0.15) is 29.4 Å². The standard InChI is InChI=1S/C21H18O3/c1-14-3-5-16(6-4-14)7-8-17-9-10-18-13-19(24-20(18)12-17)11-15(2)21(22)23/h3-6,9-10,12-13,15H,11H2,1-2H3,(H,22,23)/t15-/m1/s1. The smallest absolute Gasteiger partial charge is 0.306 e. The first-order chi connectivity index (χ1) is 11.5. The Morgan fingerprint density at radius 2 is 1.75 bits per heavy atom. The van der Waals surface area contributed by atoms with Gasteiger partial charge in [0.05, 0.1) is 5.92 Å². The Morgan fingerprint density at radius 3 is 2.46 bits per heavy atom. The van der Waals surface area contributed by atoms with E-state index in [0.717, 1.165) is 22.1 Å². The minimum Gasteiger partial charge on any atom is -0.481 e. The Labute approximate surface area is 140 Å². The maximum Gasteiger partial charge on any atom is 0.306 e. The predicted molar refractivity (Wildman–Crippen MR) is 93.9 cm³/mol. The van der Waals surface area contributed by atoms with Crippen LogP contribution in [0.4, 0.5) is 0 Å². The van der Waals surface area contributed by atoms with Gasteiger partial charge in [0.15, 0.2) is 0 Å². The predicted octanol–water partition coefficient (Wildman–Crippen LogP) is 4.40. The van der Waals surface area contributed by atoms with Gasteiger partial charge in [0.2, 0.25) is 0 Å². The third-order valence-corrected chi connectivity index (χ3v) is 3.90. The summed E-state index contributed by atoms with van der Waals surface area (Å²) in [6, 6.07) is 15.8. The van der Waals surface area contributed by atoms with Crippen LogP contribution in [0, 0.1) is 24.7 Å². The number of benzene rings is 2. The number of carboxylic acids is 1. The summed E-state index contributed by atoms with van der Waals surface area (Å²) in [6.45, 7) is 3.72. The molecule has 3 heteroatoms. The highest BCUT2D eigenvalue weighted by Gasteiger charge is 2.14. The lowest BCUT2D eigenvalue weighted by molar-refractivity contribution is -0.141. The topological polar surface area (TPSA) is 50.4 Å². The van der Waals surface area contributed by atoms with Crippen LogP contribution >= 0.6 is 0 Å². The van der Waals surface area contributed by atoms with Gasteiger partial charge in [0.25, 0.3) is 0 Å². The Kier molecular flexibility index (Phi) is 4.39. The van der Waals surface area contributed by atoms with Crippen molar-refractivity contribution in [1.29, 1.82) is 0 Å². The van der Waals surface area contributed by atoms with Crippen molar-refractivity contribution in [3.05, 3.63) is 71.0 Å². The lowest BCUT2D eigenvalue weighted by Gasteiger charge is -2.01. The summed E-state index contributed by atoms with van der Waals surface area (Å²) in [6.07, 6.45) is 0.383. The van der Waals surface area contributed by atoms with Crippen molar-refractivity contribution < 1.29 is 14.3 Å². The molecule has 120 valence electrons. The first-order valence-electron chi connectivity index (χ1n) is 7.85. The molecule has 0 bridgehead atoms. The molecule has 0 spiro atoms. The fraction of sp³-hybridized carbons (Fsp3) is 0.190. The van der Waals surface area contributed by atoms with Gasteiger partial charge < -0.3 is 9.52 Å². The monoisotopic (exact) mass is 318 g/mol. The number of carbonyl (C=O) groups is 1. The minimum absolute atomic E-state index is 0.383.